The second-order valence-corrected chi connectivity index (χ2v) is 4.40. The first-order chi connectivity index (χ1) is 8.95. The van der Waals surface area contributed by atoms with Crippen LogP contribution in [0.2, 0.25) is 0 Å². The zero-order valence-corrected chi connectivity index (χ0v) is 11.3. The number of aromatic nitrogens is 1. The molecule has 7 nitrogen and oxygen atoms in total. The standard InChI is InChI=1S/C12H18N4O3/c1-4-5-13-11-10(12(17)15-8(2)3)6-9(7-14-11)16(18)19/h6-8H,4-5H2,1-3H3,(H,13,14)(H,15,17). The Hall–Kier alpha value is -2.18. The molecule has 0 saturated heterocycles. The van der Waals surface area contributed by atoms with Crippen molar-refractivity contribution in [3.63, 3.8) is 0 Å². The Balaban J connectivity index is 3.09. The molecular formula is C12H18N4O3. The number of nitrogens with one attached hydrogen (secondary N) is 2. The lowest BCUT2D eigenvalue weighted by Crippen LogP contribution is -2.31. The van der Waals surface area contributed by atoms with E-state index in [0.717, 1.165) is 12.6 Å². The maximum atomic E-state index is 12.0. The molecule has 1 amide bonds. The fourth-order valence-electron chi connectivity index (χ4n) is 1.45. The molecule has 0 aliphatic rings. The molecule has 0 unspecified atom stereocenters. The van der Waals surface area contributed by atoms with Gasteiger partial charge in [-0.05, 0) is 20.3 Å². The number of nitro groups is 1. The summed E-state index contributed by atoms with van der Waals surface area (Å²) < 4.78 is 0. The van der Waals surface area contributed by atoms with E-state index in [2.05, 4.69) is 15.6 Å². The number of carbonyl (C=O) groups excluding carboxylic acids is 1. The maximum absolute atomic E-state index is 12.0. The van der Waals surface area contributed by atoms with E-state index in [-0.39, 0.29) is 23.2 Å². The zero-order chi connectivity index (χ0) is 14.4. The third-order valence-corrected chi connectivity index (χ3v) is 2.29. The minimum atomic E-state index is -0.567. The first-order valence-corrected chi connectivity index (χ1v) is 6.14. The molecule has 7 heteroatoms. The molecule has 0 aromatic carbocycles. The molecule has 0 bridgehead atoms. The van der Waals surface area contributed by atoms with Crippen LogP contribution in [0.4, 0.5) is 11.5 Å². The van der Waals surface area contributed by atoms with Crippen molar-refractivity contribution in [2.24, 2.45) is 0 Å². The molecule has 1 aromatic rings. The van der Waals surface area contributed by atoms with Gasteiger partial charge in [-0.15, -0.1) is 0 Å². The van der Waals surface area contributed by atoms with Gasteiger partial charge in [0.05, 0.1) is 10.5 Å². The van der Waals surface area contributed by atoms with Crippen LogP contribution in [-0.2, 0) is 0 Å². The van der Waals surface area contributed by atoms with Crippen LogP contribution in [0, 0.1) is 10.1 Å². The first kappa shape index (κ1) is 14.9. The summed E-state index contributed by atoms with van der Waals surface area (Å²) in [4.78, 5) is 26.1. The fraction of sp³-hybridized carbons (Fsp3) is 0.500. The van der Waals surface area contributed by atoms with Crippen LogP contribution in [0.3, 0.4) is 0 Å². The van der Waals surface area contributed by atoms with Gasteiger partial charge in [-0.1, -0.05) is 6.92 Å². The van der Waals surface area contributed by atoms with Crippen LogP contribution in [-0.4, -0.2) is 28.4 Å². The molecule has 0 atom stereocenters. The lowest BCUT2D eigenvalue weighted by Gasteiger charge is -2.12. The summed E-state index contributed by atoms with van der Waals surface area (Å²) >= 11 is 0. The fourth-order valence-corrected chi connectivity index (χ4v) is 1.45. The van der Waals surface area contributed by atoms with Crippen molar-refractivity contribution in [2.45, 2.75) is 33.2 Å². The predicted molar refractivity (Wildman–Crippen MR) is 72.3 cm³/mol. The molecule has 1 rings (SSSR count). The van der Waals surface area contributed by atoms with Gasteiger partial charge >= 0.3 is 0 Å². The van der Waals surface area contributed by atoms with Crippen molar-refractivity contribution in [3.8, 4) is 0 Å². The Labute approximate surface area is 111 Å². The van der Waals surface area contributed by atoms with E-state index >= 15 is 0 Å². The van der Waals surface area contributed by atoms with E-state index in [1.807, 2.05) is 20.8 Å². The maximum Gasteiger partial charge on any atom is 0.288 e. The van der Waals surface area contributed by atoms with Crippen LogP contribution in [0.15, 0.2) is 12.3 Å². The number of hydrogen-bond acceptors (Lipinski definition) is 5. The third-order valence-electron chi connectivity index (χ3n) is 2.29. The van der Waals surface area contributed by atoms with Crippen molar-refractivity contribution in [1.29, 1.82) is 0 Å². The molecular weight excluding hydrogens is 248 g/mol. The average Bonchev–Trinajstić information content (AvgIpc) is 2.35. The number of pyridine rings is 1. The van der Waals surface area contributed by atoms with Gasteiger partial charge in [0.2, 0.25) is 0 Å². The van der Waals surface area contributed by atoms with Gasteiger partial charge < -0.3 is 10.6 Å². The number of carbonyl (C=O) groups is 1. The number of amides is 1. The number of nitrogens with zero attached hydrogens (tertiary/aromatic N) is 2. The van der Waals surface area contributed by atoms with E-state index in [1.54, 1.807) is 0 Å². The molecule has 0 fully saturated rings. The predicted octanol–water partition coefficient (Wildman–Crippen LogP) is 1.95. The molecule has 104 valence electrons. The molecule has 0 aliphatic heterocycles. The van der Waals surface area contributed by atoms with Gasteiger partial charge in [-0.25, -0.2) is 4.98 Å². The molecule has 0 radical (unpaired) electrons. The van der Waals surface area contributed by atoms with Gasteiger partial charge in [-0.2, -0.15) is 0 Å². The quantitative estimate of drug-likeness (QED) is 0.606. The van der Waals surface area contributed by atoms with Crippen LogP contribution >= 0.6 is 0 Å². The molecule has 0 spiro atoms. The van der Waals surface area contributed by atoms with Gasteiger partial charge in [0, 0.05) is 18.7 Å². The number of anilines is 1. The van der Waals surface area contributed by atoms with Gasteiger partial charge in [0.15, 0.2) is 0 Å². The van der Waals surface area contributed by atoms with Crippen LogP contribution in [0.5, 0.6) is 0 Å². The van der Waals surface area contributed by atoms with Crippen molar-refractivity contribution < 1.29 is 9.72 Å². The van der Waals surface area contributed by atoms with E-state index in [1.165, 1.54) is 6.07 Å². The minimum Gasteiger partial charge on any atom is -0.369 e. The highest BCUT2D eigenvalue weighted by molar-refractivity contribution is 5.99. The van der Waals surface area contributed by atoms with E-state index in [0.29, 0.717) is 12.4 Å². The Morgan fingerprint density at radius 1 is 1.53 bits per heavy atom. The monoisotopic (exact) mass is 266 g/mol. The molecule has 0 saturated carbocycles. The molecule has 0 aliphatic carbocycles. The van der Waals surface area contributed by atoms with Gasteiger partial charge in [-0.3, -0.25) is 14.9 Å². The SMILES string of the molecule is CCCNc1ncc([N+](=O)[O-])cc1C(=O)NC(C)C. The Morgan fingerprint density at radius 3 is 2.74 bits per heavy atom. The highest BCUT2D eigenvalue weighted by atomic mass is 16.6. The van der Waals surface area contributed by atoms with E-state index < -0.39 is 4.92 Å². The lowest BCUT2D eigenvalue weighted by molar-refractivity contribution is -0.385. The summed E-state index contributed by atoms with van der Waals surface area (Å²) in [5, 5.41) is 16.4. The summed E-state index contributed by atoms with van der Waals surface area (Å²) in [5.41, 5.74) is -0.00713. The first-order valence-electron chi connectivity index (χ1n) is 6.14. The lowest BCUT2D eigenvalue weighted by atomic mass is 10.2. The highest BCUT2D eigenvalue weighted by Gasteiger charge is 2.18. The third kappa shape index (κ3) is 4.20. The summed E-state index contributed by atoms with van der Waals surface area (Å²) in [6.07, 6.45) is 2.01. The summed E-state index contributed by atoms with van der Waals surface area (Å²) in [5.74, 6) is -0.00426. The van der Waals surface area contributed by atoms with E-state index in [4.69, 9.17) is 0 Å². The molecule has 1 heterocycles. The largest absolute Gasteiger partial charge is 0.369 e. The van der Waals surface area contributed by atoms with Crippen molar-refractivity contribution in [3.05, 3.63) is 27.9 Å². The zero-order valence-electron chi connectivity index (χ0n) is 11.3. The summed E-state index contributed by atoms with van der Waals surface area (Å²) in [7, 11) is 0. The van der Waals surface area contributed by atoms with Gasteiger partial charge in [0.1, 0.15) is 12.0 Å². The van der Waals surface area contributed by atoms with Crippen LogP contribution in [0.1, 0.15) is 37.6 Å². The number of rotatable bonds is 6. The highest BCUT2D eigenvalue weighted by Crippen LogP contribution is 2.19. The van der Waals surface area contributed by atoms with Gasteiger partial charge in [0.25, 0.3) is 11.6 Å². The van der Waals surface area contributed by atoms with Crippen molar-refractivity contribution in [1.82, 2.24) is 10.3 Å². The van der Waals surface area contributed by atoms with Crippen LogP contribution < -0.4 is 10.6 Å². The van der Waals surface area contributed by atoms with E-state index in [9.17, 15) is 14.9 Å². The summed E-state index contributed by atoms with van der Waals surface area (Å²) in [6.45, 7) is 6.27. The molecule has 19 heavy (non-hydrogen) atoms. The Bertz CT molecular complexity index is 474. The summed E-state index contributed by atoms with van der Waals surface area (Å²) in [6, 6.07) is 1.19. The topological polar surface area (TPSA) is 97.2 Å². The normalized spacial score (nSPS) is 10.3. The minimum absolute atomic E-state index is 0.0502. The second kappa shape index (κ2) is 6.67. The Kier molecular flexibility index (Phi) is 5.23. The van der Waals surface area contributed by atoms with Crippen LogP contribution in [0.25, 0.3) is 0 Å². The second-order valence-electron chi connectivity index (χ2n) is 4.40. The smallest absolute Gasteiger partial charge is 0.288 e. The number of hydrogen-bond donors (Lipinski definition) is 2. The Morgan fingerprint density at radius 2 is 2.21 bits per heavy atom. The average molecular weight is 266 g/mol. The molecule has 2 N–H and O–H groups in total. The van der Waals surface area contributed by atoms with Crippen molar-refractivity contribution in [2.75, 3.05) is 11.9 Å². The van der Waals surface area contributed by atoms with Crippen molar-refractivity contribution >= 4 is 17.4 Å². The molecule has 1 aromatic heterocycles.